The Morgan fingerprint density at radius 1 is 0.829 bits per heavy atom. The maximum Gasteiger partial charge on any atom is 0.225 e. The molecule has 8 nitrogen and oxygen atoms in total. The molecule has 1 N–H and O–H groups in total. The van der Waals surface area contributed by atoms with Crippen LogP contribution in [0.15, 0.2) is 79.1 Å². The Bertz CT molecular complexity index is 1370. The molecule has 214 valence electrons. The minimum absolute atomic E-state index is 0.458. The minimum atomic E-state index is 0.458. The molecule has 1 saturated heterocycles. The lowest BCUT2D eigenvalue weighted by molar-refractivity contribution is 0.256. The molecule has 2 heterocycles. The summed E-state index contributed by atoms with van der Waals surface area (Å²) in [5.74, 6) is 3.02. The predicted octanol–water partition coefficient (Wildman–Crippen LogP) is 4.96. The zero-order valence-corrected chi connectivity index (χ0v) is 24.2. The maximum atomic E-state index is 6.25. The van der Waals surface area contributed by atoms with Gasteiger partial charge in [0.1, 0.15) is 23.9 Å². The molecule has 0 aliphatic carbocycles. The van der Waals surface area contributed by atoms with E-state index in [1.807, 2.05) is 24.3 Å². The molecule has 0 spiro atoms. The number of nitrogens with zero attached hydrogens (tertiary/aromatic N) is 4. The summed E-state index contributed by atoms with van der Waals surface area (Å²) in [4.78, 5) is 13.4. The number of rotatable bonds is 12. The van der Waals surface area contributed by atoms with Gasteiger partial charge in [-0.1, -0.05) is 48.5 Å². The summed E-state index contributed by atoms with van der Waals surface area (Å²) >= 11 is 0. The molecule has 1 aliphatic heterocycles. The van der Waals surface area contributed by atoms with E-state index in [1.54, 1.807) is 26.6 Å². The van der Waals surface area contributed by atoms with Crippen molar-refractivity contribution >= 4 is 5.95 Å². The molecule has 0 unspecified atom stereocenters. The molecule has 1 fully saturated rings. The first-order chi connectivity index (χ1) is 20.2. The number of nitrogens with one attached hydrogen (secondary N) is 1. The van der Waals surface area contributed by atoms with Crippen molar-refractivity contribution in [1.29, 1.82) is 0 Å². The van der Waals surface area contributed by atoms with E-state index in [0.29, 0.717) is 18.9 Å². The molecule has 1 aromatic heterocycles. The van der Waals surface area contributed by atoms with E-state index in [0.717, 1.165) is 67.8 Å². The number of hydrogen-bond donors (Lipinski definition) is 1. The standard InChI is InChI=1S/C33H39N5O3/c1-25-27(11-7-12-29(25)26-9-5-4-6-10-26)24-41-28-21-31(39-2)30(32(22-28)40-3)23-34-15-16-37-17-19-38(20-18-37)33-35-13-8-14-36-33/h4-14,21-22,34H,15-20,23-24H2,1-3H3. The summed E-state index contributed by atoms with van der Waals surface area (Å²) in [6.07, 6.45) is 3.59. The van der Waals surface area contributed by atoms with Crippen molar-refractivity contribution in [3.8, 4) is 28.4 Å². The Kier molecular flexibility index (Phi) is 9.67. The minimum Gasteiger partial charge on any atom is -0.496 e. The summed E-state index contributed by atoms with van der Waals surface area (Å²) in [6, 6.07) is 22.5. The van der Waals surface area contributed by atoms with Gasteiger partial charge in [0.05, 0.1) is 19.8 Å². The fraction of sp³-hybridized carbons (Fsp3) is 0.333. The second kappa shape index (κ2) is 14.0. The third kappa shape index (κ3) is 7.14. The highest BCUT2D eigenvalue weighted by Gasteiger charge is 2.19. The molecule has 0 amide bonds. The average molecular weight is 554 g/mol. The highest BCUT2D eigenvalue weighted by molar-refractivity contribution is 5.68. The van der Waals surface area contributed by atoms with Gasteiger partial charge >= 0.3 is 0 Å². The van der Waals surface area contributed by atoms with Gasteiger partial charge in [0.2, 0.25) is 5.95 Å². The Morgan fingerprint density at radius 2 is 1.54 bits per heavy atom. The Hall–Kier alpha value is -4.14. The van der Waals surface area contributed by atoms with Gasteiger partial charge < -0.3 is 24.4 Å². The molecule has 4 aromatic rings. The lowest BCUT2D eigenvalue weighted by Crippen LogP contribution is -2.48. The van der Waals surface area contributed by atoms with E-state index in [1.165, 1.54) is 16.7 Å². The summed E-state index contributed by atoms with van der Waals surface area (Å²) < 4.78 is 17.8. The van der Waals surface area contributed by atoms with Crippen molar-refractivity contribution in [2.45, 2.75) is 20.1 Å². The number of aromatic nitrogens is 2. The van der Waals surface area contributed by atoms with E-state index in [-0.39, 0.29) is 0 Å². The molecule has 3 aromatic carbocycles. The fourth-order valence-electron chi connectivity index (χ4n) is 5.23. The summed E-state index contributed by atoms with van der Waals surface area (Å²) in [7, 11) is 3.37. The van der Waals surface area contributed by atoms with Gasteiger partial charge in [-0.2, -0.15) is 0 Å². The molecule has 0 atom stereocenters. The first-order valence-electron chi connectivity index (χ1n) is 14.1. The third-order valence-electron chi connectivity index (χ3n) is 7.62. The van der Waals surface area contributed by atoms with E-state index >= 15 is 0 Å². The predicted molar refractivity (Wildman–Crippen MR) is 163 cm³/mol. The Labute approximate surface area is 242 Å². The lowest BCUT2D eigenvalue weighted by atomic mass is 9.97. The van der Waals surface area contributed by atoms with Crippen LogP contribution in [0.25, 0.3) is 11.1 Å². The van der Waals surface area contributed by atoms with Crippen molar-refractivity contribution in [3.63, 3.8) is 0 Å². The number of ether oxygens (including phenoxy) is 3. The molecular weight excluding hydrogens is 514 g/mol. The number of methoxy groups -OCH3 is 2. The zero-order valence-electron chi connectivity index (χ0n) is 24.2. The van der Waals surface area contributed by atoms with Crippen LogP contribution in [0, 0.1) is 6.92 Å². The SMILES string of the molecule is COc1cc(OCc2cccc(-c3ccccc3)c2C)cc(OC)c1CNCCN1CCN(c2ncccn2)CC1. The molecule has 5 rings (SSSR count). The summed E-state index contributed by atoms with van der Waals surface area (Å²) in [6.45, 7) is 8.93. The van der Waals surface area contributed by atoms with Crippen LogP contribution in [0.4, 0.5) is 5.95 Å². The molecule has 0 saturated carbocycles. The Balaban J connectivity index is 1.15. The van der Waals surface area contributed by atoms with Crippen LogP contribution < -0.4 is 24.4 Å². The molecule has 8 heteroatoms. The average Bonchev–Trinajstić information content (AvgIpc) is 3.03. The first kappa shape index (κ1) is 28.4. The molecular formula is C33H39N5O3. The second-order valence-electron chi connectivity index (χ2n) is 10.1. The van der Waals surface area contributed by atoms with Gasteiger partial charge in [-0.15, -0.1) is 0 Å². The Morgan fingerprint density at radius 3 is 2.22 bits per heavy atom. The molecule has 1 aliphatic rings. The van der Waals surface area contributed by atoms with Crippen LogP contribution in [0.2, 0.25) is 0 Å². The van der Waals surface area contributed by atoms with Gasteiger partial charge in [-0.25, -0.2) is 9.97 Å². The van der Waals surface area contributed by atoms with Crippen molar-refractivity contribution in [1.82, 2.24) is 20.2 Å². The van der Waals surface area contributed by atoms with Crippen LogP contribution in [-0.4, -0.2) is 68.4 Å². The largest absolute Gasteiger partial charge is 0.496 e. The highest BCUT2D eigenvalue weighted by Crippen LogP contribution is 2.35. The zero-order chi connectivity index (χ0) is 28.4. The van der Waals surface area contributed by atoms with Gasteiger partial charge in [-0.3, -0.25) is 4.90 Å². The van der Waals surface area contributed by atoms with Crippen LogP contribution >= 0.6 is 0 Å². The van der Waals surface area contributed by atoms with E-state index in [4.69, 9.17) is 14.2 Å². The topological polar surface area (TPSA) is 72.0 Å². The van der Waals surface area contributed by atoms with Crippen molar-refractivity contribution in [2.75, 3.05) is 58.4 Å². The second-order valence-corrected chi connectivity index (χ2v) is 10.1. The van der Waals surface area contributed by atoms with Gasteiger partial charge in [0.15, 0.2) is 0 Å². The summed E-state index contributed by atoms with van der Waals surface area (Å²) in [5, 5.41) is 3.57. The van der Waals surface area contributed by atoms with Crippen LogP contribution in [0.3, 0.4) is 0 Å². The van der Waals surface area contributed by atoms with E-state index in [9.17, 15) is 0 Å². The van der Waals surface area contributed by atoms with Crippen molar-refractivity contribution < 1.29 is 14.2 Å². The van der Waals surface area contributed by atoms with Gasteiger partial charge in [-0.05, 0) is 35.2 Å². The highest BCUT2D eigenvalue weighted by atomic mass is 16.5. The van der Waals surface area contributed by atoms with Crippen molar-refractivity contribution in [3.05, 3.63) is 95.8 Å². The van der Waals surface area contributed by atoms with Crippen molar-refractivity contribution in [2.24, 2.45) is 0 Å². The fourth-order valence-corrected chi connectivity index (χ4v) is 5.23. The number of anilines is 1. The third-order valence-corrected chi connectivity index (χ3v) is 7.62. The maximum absolute atomic E-state index is 6.25. The smallest absolute Gasteiger partial charge is 0.225 e. The summed E-state index contributed by atoms with van der Waals surface area (Å²) in [5.41, 5.74) is 5.77. The van der Waals surface area contributed by atoms with Crippen LogP contribution in [0.5, 0.6) is 17.2 Å². The van der Waals surface area contributed by atoms with Gasteiger partial charge in [0, 0.05) is 70.3 Å². The van der Waals surface area contributed by atoms with Crippen LogP contribution in [-0.2, 0) is 13.2 Å². The number of hydrogen-bond acceptors (Lipinski definition) is 8. The van der Waals surface area contributed by atoms with Gasteiger partial charge in [0.25, 0.3) is 0 Å². The molecule has 0 radical (unpaired) electrons. The van der Waals surface area contributed by atoms with E-state index in [2.05, 4.69) is 74.5 Å². The first-order valence-corrected chi connectivity index (χ1v) is 14.1. The quantitative estimate of drug-likeness (QED) is 0.247. The normalized spacial score (nSPS) is 13.7. The van der Waals surface area contributed by atoms with E-state index < -0.39 is 0 Å². The monoisotopic (exact) mass is 553 g/mol. The lowest BCUT2D eigenvalue weighted by Gasteiger charge is -2.34. The van der Waals surface area contributed by atoms with Crippen LogP contribution in [0.1, 0.15) is 16.7 Å². The number of piperazine rings is 1. The molecule has 0 bridgehead atoms. The molecule has 41 heavy (non-hydrogen) atoms. The number of benzene rings is 3.